The van der Waals surface area contributed by atoms with Crippen molar-refractivity contribution in [2.45, 2.75) is 38.9 Å². The molecule has 2 atom stereocenters. The highest BCUT2D eigenvalue weighted by Crippen LogP contribution is 2.21. The molecule has 0 aromatic rings. The average Bonchev–Trinajstić information content (AvgIpc) is 2.28. The third kappa shape index (κ3) is 4.15. The Balaban J connectivity index is 2.34. The van der Waals surface area contributed by atoms with Crippen LogP contribution in [-0.4, -0.2) is 41.3 Å². The highest BCUT2D eigenvalue weighted by Gasteiger charge is 2.22. The van der Waals surface area contributed by atoms with E-state index in [0.717, 1.165) is 24.8 Å². The second-order valence-electron chi connectivity index (χ2n) is 4.41. The SMILES string of the molecule is CCC1CN(CC(=O)C(C)CC)CCS1. The van der Waals surface area contributed by atoms with Crippen molar-refractivity contribution < 1.29 is 4.79 Å². The lowest BCUT2D eigenvalue weighted by molar-refractivity contribution is -0.123. The molecule has 0 N–H and O–H groups in total. The Morgan fingerprint density at radius 1 is 1.53 bits per heavy atom. The standard InChI is InChI=1S/C12H23NOS/c1-4-10(3)12(14)9-13-6-7-15-11(5-2)8-13/h10-11H,4-9H2,1-3H3. The first-order chi connectivity index (χ1) is 7.17. The van der Waals surface area contributed by atoms with Crippen molar-refractivity contribution >= 4 is 17.5 Å². The molecule has 0 bridgehead atoms. The van der Waals surface area contributed by atoms with Crippen molar-refractivity contribution in [2.24, 2.45) is 5.92 Å². The first kappa shape index (κ1) is 13.0. The fraction of sp³-hybridized carbons (Fsp3) is 0.917. The van der Waals surface area contributed by atoms with Crippen LogP contribution < -0.4 is 0 Å². The number of carbonyl (C=O) groups excluding carboxylic acids is 1. The summed E-state index contributed by atoms with van der Waals surface area (Å²) in [5, 5.41) is 0.739. The number of Topliss-reactive ketones (excluding diaryl/α,β-unsaturated/α-hetero) is 1. The van der Waals surface area contributed by atoms with Crippen LogP contribution in [0, 0.1) is 5.92 Å². The second kappa shape index (κ2) is 6.54. The molecule has 0 spiro atoms. The molecule has 1 aliphatic rings. The van der Waals surface area contributed by atoms with Crippen LogP contribution in [0.15, 0.2) is 0 Å². The third-order valence-electron chi connectivity index (χ3n) is 3.22. The quantitative estimate of drug-likeness (QED) is 0.722. The van der Waals surface area contributed by atoms with Gasteiger partial charge in [0.1, 0.15) is 5.78 Å². The fourth-order valence-electron chi connectivity index (χ4n) is 1.77. The Bertz CT molecular complexity index is 208. The third-order valence-corrected chi connectivity index (χ3v) is 4.59. The van der Waals surface area contributed by atoms with Gasteiger partial charge < -0.3 is 0 Å². The van der Waals surface area contributed by atoms with E-state index in [1.165, 1.54) is 12.2 Å². The van der Waals surface area contributed by atoms with Crippen molar-refractivity contribution in [2.75, 3.05) is 25.4 Å². The summed E-state index contributed by atoms with van der Waals surface area (Å²) >= 11 is 2.06. The molecule has 1 saturated heterocycles. The topological polar surface area (TPSA) is 20.3 Å². The highest BCUT2D eigenvalue weighted by molar-refractivity contribution is 8.00. The van der Waals surface area contributed by atoms with E-state index >= 15 is 0 Å². The number of nitrogens with zero attached hydrogens (tertiary/aromatic N) is 1. The summed E-state index contributed by atoms with van der Waals surface area (Å²) in [7, 11) is 0. The van der Waals surface area contributed by atoms with Crippen molar-refractivity contribution in [3.63, 3.8) is 0 Å². The molecule has 0 aromatic carbocycles. The number of carbonyl (C=O) groups is 1. The minimum absolute atomic E-state index is 0.236. The van der Waals surface area contributed by atoms with Crippen LogP contribution in [0.2, 0.25) is 0 Å². The molecule has 0 aliphatic carbocycles. The van der Waals surface area contributed by atoms with Crippen LogP contribution in [0.5, 0.6) is 0 Å². The van der Waals surface area contributed by atoms with Crippen LogP contribution >= 0.6 is 11.8 Å². The lowest BCUT2D eigenvalue weighted by atomic mass is 10.0. The maximum Gasteiger partial charge on any atom is 0.149 e. The van der Waals surface area contributed by atoms with E-state index in [9.17, 15) is 4.79 Å². The molecule has 2 unspecified atom stereocenters. The van der Waals surface area contributed by atoms with E-state index in [0.29, 0.717) is 12.3 Å². The van der Waals surface area contributed by atoms with Gasteiger partial charge in [-0.2, -0.15) is 11.8 Å². The monoisotopic (exact) mass is 229 g/mol. The zero-order valence-corrected chi connectivity index (χ0v) is 11.0. The lowest BCUT2D eigenvalue weighted by Gasteiger charge is -2.31. The molecule has 0 saturated carbocycles. The molecule has 1 heterocycles. The molecule has 1 rings (SSSR count). The van der Waals surface area contributed by atoms with E-state index < -0.39 is 0 Å². The molecule has 3 heteroatoms. The molecule has 0 radical (unpaired) electrons. The molecule has 15 heavy (non-hydrogen) atoms. The van der Waals surface area contributed by atoms with Gasteiger partial charge in [0.25, 0.3) is 0 Å². The van der Waals surface area contributed by atoms with Gasteiger partial charge in [0.15, 0.2) is 0 Å². The van der Waals surface area contributed by atoms with Gasteiger partial charge in [-0.15, -0.1) is 0 Å². The maximum atomic E-state index is 11.8. The van der Waals surface area contributed by atoms with E-state index in [1.54, 1.807) is 0 Å². The zero-order chi connectivity index (χ0) is 11.3. The van der Waals surface area contributed by atoms with E-state index in [-0.39, 0.29) is 5.92 Å². The van der Waals surface area contributed by atoms with Crippen LogP contribution in [0.1, 0.15) is 33.6 Å². The number of thioether (sulfide) groups is 1. The van der Waals surface area contributed by atoms with Crippen LogP contribution in [0.3, 0.4) is 0 Å². The largest absolute Gasteiger partial charge is 0.298 e. The van der Waals surface area contributed by atoms with Crippen LogP contribution in [0.25, 0.3) is 0 Å². The fourth-order valence-corrected chi connectivity index (χ4v) is 3.02. The summed E-state index contributed by atoms with van der Waals surface area (Å²) in [6.45, 7) is 9.22. The number of hydrogen-bond acceptors (Lipinski definition) is 3. The Morgan fingerprint density at radius 3 is 2.87 bits per heavy atom. The molecule has 1 aliphatic heterocycles. The van der Waals surface area contributed by atoms with Gasteiger partial charge in [0.05, 0.1) is 6.54 Å². The minimum atomic E-state index is 0.236. The summed E-state index contributed by atoms with van der Waals surface area (Å²) in [5.74, 6) is 1.84. The molecule has 1 fully saturated rings. The minimum Gasteiger partial charge on any atom is -0.298 e. The maximum absolute atomic E-state index is 11.8. The number of ketones is 1. The molecular formula is C12H23NOS. The van der Waals surface area contributed by atoms with Gasteiger partial charge in [-0.3, -0.25) is 9.69 Å². The molecular weight excluding hydrogens is 206 g/mol. The van der Waals surface area contributed by atoms with Gasteiger partial charge in [0, 0.05) is 30.0 Å². The van der Waals surface area contributed by atoms with E-state index in [4.69, 9.17) is 0 Å². The van der Waals surface area contributed by atoms with Crippen LogP contribution in [-0.2, 0) is 4.79 Å². The molecule has 2 nitrogen and oxygen atoms in total. The van der Waals surface area contributed by atoms with Gasteiger partial charge in [0.2, 0.25) is 0 Å². The Morgan fingerprint density at radius 2 is 2.27 bits per heavy atom. The van der Waals surface area contributed by atoms with E-state index in [2.05, 4.69) is 30.5 Å². The predicted octanol–water partition coefficient (Wildman–Crippen LogP) is 2.43. The van der Waals surface area contributed by atoms with Crippen molar-refractivity contribution in [3.05, 3.63) is 0 Å². The zero-order valence-electron chi connectivity index (χ0n) is 10.2. The van der Waals surface area contributed by atoms with Crippen molar-refractivity contribution in [1.82, 2.24) is 4.90 Å². The summed E-state index contributed by atoms with van der Waals surface area (Å²) in [6, 6.07) is 0. The summed E-state index contributed by atoms with van der Waals surface area (Å²) in [4.78, 5) is 14.1. The first-order valence-electron chi connectivity index (χ1n) is 6.04. The van der Waals surface area contributed by atoms with Crippen molar-refractivity contribution in [3.8, 4) is 0 Å². The summed E-state index contributed by atoms with van der Waals surface area (Å²) in [6.07, 6.45) is 2.19. The predicted molar refractivity (Wildman–Crippen MR) is 67.4 cm³/mol. The molecule has 88 valence electrons. The molecule has 0 aromatic heterocycles. The average molecular weight is 229 g/mol. The van der Waals surface area contributed by atoms with Gasteiger partial charge in [-0.1, -0.05) is 20.8 Å². The summed E-state index contributed by atoms with van der Waals surface area (Å²) in [5.41, 5.74) is 0. The Hall–Kier alpha value is -0.0200. The van der Waals surface area contributed by atoms with Gasteiger partial charge in [-0.05, 0) is 12.8 Å². The summed E-state index contributed by atoms with van der Waals surface area (Å²) < 4.78 is 0. The van der Waals surface area contributed by atoms with Crippen molar-refractivity contribution in [1.29, 1.82) is 0 Å². The lowest BCUT2D eigenvalue weighted by Crippen LogP contribution is -2.41. The Labute approximate surface area is 97.8 Å². The first-order valence-corrected chi connectivity index (χ1v) is 7.08. The van der Waals surface area contributed by atoms with Gasteiger partial charge in [-0.25, -0.2) is 0 Å². The van der Waals surface area contributed by atoms with E-state index in [1.807, 2.05) is 6.92 Å². The van der Waals surface area contributed by atoms with Crippen LogP contribution in [0.4, 0.5) is 0 Å². The number of rotatable bonds is 5. The smallest absolute Gasteiger partial charge is 0.149 e. The highest BCUT2D eigenvalue weighted by atomic mass is 32.2. The Kier molecular flexibility index (Phi) is 5.69. The molecule has 0 amide bonds. The normalized spacial score (nSPS) is 25.1. The number of hydrogen-bond donors (Lipinski definition) is 0. The second-order valence-corrected chi connectivity index (χ2v) is 5.82. The van der Waals surface area contributed by atoms with Gasteiger partial charge >= 0.3 is 0 Å².